The molecule has 32 heavy (non-hydrogen) atoms. The molecule has 0 aliphatic rings. The number of aromatic nitrogens is 2. The van der Waals surface area contributed by atoms with Crippen LogP contribution in [0, 0.1) is 0 Å². The van der Waals surface area contributed by atoms with E-state index in [1.807, 2.05) is 0 Å². The average molecular weight is 467 g/mol. The fourth-order valence-electron chi connectivity index (χ4n) is 2.88. The molecule has 168 valence electrons. The molecule has 7 nitrogen and oxygen atoms in total. The van der Waals surface area contributed by atoms with E-state index in [1.54, 1.807) is 30.3 Å². The second-order valence-corrected chi connectivity index (χ2v) is 7.19. The van der Waals surface area contributed by atoms with Gasteiger partial charge >= 0.3 is 12.2 Å². The standard InChI is InChI=1S/C21H18ClF3N4O3/c22-14-2-1-3-16(10-14)29-17(11-19(28-29)21(23,24)25)12-26-20(32)27-15-6-4-13(5-7-15)18(31)8-9-30/h1-7,9-11,18,31H,8,12H2,(H2,26,27,32). The van der Waals surface area contributed by atoms with Gasteiger partial charge < -0.3 is 20.5 Å². The third-order valence-electron chi connectivity index (χ3n) is 4.43. The molecule has 1 unspecified atom stereocenters. The van der Waals surface area contributed by atoms with E-state index in [-0.39, 0.29) is 18.7 Å². The Morgan fingerprint density at radius 1 is 1.19 bits per heavy atom. The first-order valence-corrected chi connectivity index (χ1v) is 9.74. The summed E-state index contributed by atoms with van der Waals surface area (Å²) >= 11 is 5.93. The summed E-state index contributed by atoms with van der Waals surface area (Å²) in [7, 11) is 0. The van der Waals surface area contributed by atoms with Crippen LogP contribution in [0.3, 0.4) is 0 Å². The second-order valence-electron chi connectivity index (χ2n) is 6.76. The van der Waals surface area contributed by atoms with Gasteiger partial charge in [0.15, 0.2) is 5.69 Å². The number of carbonyl (C=O) groups is 2. The van der Waals surface area contributed by atoms with E-state index in [2.05, 4.69) is 15.7 Å². The molecule has 11 heteroatoms. The van der Waals surface area contributed by atoms with Crippen LogP contribution in [0.1, 0.15) is 29.5 Å². The predicted octanol–water partition coefficient (Wildman–Crippen LogP) is 4.49. The van der Waals surface area contributed by atoms with Crippen LogP contribution in [0.25, 0.3) is 5.69 Å². The highest BCUT2D eigenvalue weighted by atomic mass is 35.5. The fraction of sp³-hybridized carbons (Fsp3) is 0.190. The van der Waals surface area contributed by atoms with Crippen molar-refractivity contribution in [3.05, 3.63) is 76.6 Å². The minimum absolute atomic E-state index is 0.0481. The molecule has 3 rings (SSSR count). The molecule has 0 bridgehead atoms. The van der Waals surface area contributed by atoms with E-state index in [9.17, 15) is 27.9 Å². The molecule has 0 aliphatic carbocycles. The van der Waals surface area contributed by atoms with Gasteiger partial charge in [-0.2, -0.15) is 18.3 Å². The summed E-state index contributed by atoms with van der Waals surface area (Å²) in [5.41, 5.74) is 0.216. The zero-order valence-corrected chi connectivity index (χ0v) is 17.2. The summed E-state index contributed by atoms with van der Waals surface area (Å²) in [6.45, 7) is -0.239. The van der Waals surface area contributed by atoms with E-state index in [0.29, 0.717) is 28.2 Å². The molecule has 1 heterocycles. The van der Waals surface area contributed by atoms with Crippen molar-refractivity contribution in [3.63, 3.8) is 0 Å². The monoisotopic (exact) mass is 466 g/mol. The van der Waals surface area contributed by atoms with Gasteiger partial charge in [-0.3, -0.25) is 0 Å². The summed E-state index contributed by atoms with van der Waals surface area (Å²) in [4.78, 5) is 22.7. The molecule has 0 fully saturated rings. The van der Waals surface area contributed by atoms with Crippen molar-refractivity contribution in [2.45, 2.75) is 25.2 Å². The van der Waals surface area contributed by atoms with Crippen molar-refractivity contribution in [3.8, 4) is 5.69 Å². The van der Waals surface area contributed by atoms with Crippen LogP contribution in [0.5, 0.6) is 0 Å². The third-order valence-corrected chi connectivity index (χ3v) is 4.66. The van der Waals surface area contributed by atoms with Gasteiger partial charge in [0.05, 0.1) is 24.0 Å². The second kappa shape index (κ2) is 9.84. The Morgan fingerprint density at radius 3 is 2.53 bits per heavy atom. The van der Waals surface area contributed by atoms with Crippen molar-refractivity contribution in [2.75, 3.05) is 5.32 Å². The lowest BCUT2D eigenvalue weighted by Crippen LogP contribution is -2.29. The maximum atomic E-state index is 13.2. The van der Waals surface area contributed by atoms with E-state index in [0.717, 1.165) is 10.7 Å². The number of nitrogens with zero attached hydrogens (tertiary/aromatic N) is 2. The van der Waals surface area contributed by atoms with Crippen LogP contribution >= 0.6 is 11.6 Å². The number of aliphatic hydroxyl groups excluding tert-OH is 1. The number of amides is 2. The van der Waals surface area contributed by atoms with Gasteiger partial charge in [-0.1, -0.05) is 29.8 Å². The molecule has 0 saturated heterocycles. The van der Waals surface area contributed by atoms with Crippen LogP contribution in [0.4, 0.5) is 23.7 Å². The summed E-state index contributed by atoms with van der Waals surface area (Å²) < 4.78 is 40.6. The molecule has 3 N–H and O–H groups in total. The molecular weight excluding hydrogens is 449 g/mol. The number of anilines is 1. The largest absolute Gasteiger partial charge is 0.435 e. The normalized spacial score (nSPS) is 12.3. The average Bonchev–Trinajstić information content (AvgIpc) is 3.18. The van der Waals surface area contributed by atoms with Gasteiger partial charge in [0.2, 0.25) is 0 Å². The number of hydrogen-bond acceptors (Lipinski definition) is 4. The maximum absolute atomic E-state index is 13.2. The number of hydrogen-bond donors (Lipinski definition) is 3. The lowest BCUT2D eigenvalue weighted by atomic mass is 10.1. The first-order valence-electron chi connectivity index (χ1n) is 9.36. The van der Waals surface area contributed by atoms with Crippen molar-refractivity contribution >= 4 is 29.6 Å². The molecule has 0 spiro atoms. The Hall–Kier alpha value is -3.37. The Bertz CT molecular complexity index is 1100. The third kappa shape index (κ3) is 5.86. The lowest BCUT2D eigenvalue weighted by Gasteiger charge is -2.11. The number of rotatable bonds is 7. The topological polar surface area (TPSA) is 96.2 Å². The highest BCUT2D eigenvalue weighted by Crippen LogP contribution is 2.30. The van der Waals surface area contributed by atoms with Crippen molar-refractivity contribution in [1.82, 2.24) is 15.1 Å². The fourth-order valence-corrected chi connectivity index (χ4v) is 3.06. The number of carbonyl (C=O) groups excluding carboxylic acids is 2. The van der Waals surface area contributed by atoms with Gasteiger partial charge in [-0.15, -0.1) is 0 Å². The van der Waals surface area contributed by atoms with Crippen LogP contribution in [-0.4, -0.2) is 27.2 Å². The van der Waals surface area contributed by atoms with E-state index in [4.69, 9.17) is 11.6 Å². The zero-order valence-electron chi connectivity index (χ0n) is 16.4. The van der Waals surface area contributed by atoms with Gasteiger partial charge in [-0.05, 0) is 42.0 Å². The number of urea groups is 1. The molecule has 0 radical (unpaired) electrons. The number of benzene rings is 2. The number of aldehydes is 1. The van der Waals surface area contributed by atoms with Gasteiger partial charge in [0.25, 0.3) is 0 Å². The summed E-state index contributed by atoms with van der Waals surface area (Å²) in [6.07, 6.45) is -5.04. The van der Waals surface area contributed by atoms with Crippen molar-refractivity contribution < 1.29 is 27.9 Å². The molecule has 1 atom stereocenters. The van der Waals surface area contributed by atoms with E-state index < -0.39 is 24.0 Å². The minimum Gasteiger partial charge on any atom is -0.388 e. The number of halogens is 4. The first-order chi connectivity index (χ1) is 15.2. The number of alkyl halides is 3. The number of nitrogens with one attached hydrogen (secondary N) is 2. The molecule has 1 aromatic heterocycles. The molecule has 2 aromatic carbocycles. The SMILES string of the molecule is O=CCC(O)c1ccc(NC(=O)NCc2cc(C(F)(F)F)nn2-c2cccc(Cl)c2)cc1. The Balaban J connectivity index is 1.71. The Morgan fingerprint density at radius 2 is 1.91 bits per heavy atom. The van der Waals surface area contributed by atoms with Crippen LogP contribution in [0.15, 0.2) is 54.6 Å². The molecule has 2 amide bonds. The highest BCUT2D eigenvalue weighted by molar-refractivity contribution is 6.30. The van der Waals surface area contributed by atoms with Gasteiger partial charge in [0.1, 0.15) is 6.29 Å². The van der Waals surface area contributed by atoms with Gasteiger partial charge in [-0.25, -0.2) is 9.48 Å². The summed E-state index contributed by atoms with van der Waals surface area (Å²) in [5.74, 6) is 0. The molecular formula is C21H18ClF3N4O3. The van der Waals surface area contributed by atoms with Gasteiger partial charge in [0, 0.05) is 17.1 Å². The quantitative estimate of drug-likeness (QED) is 0.447. The summed E-state index contributed by atoms with van der Waals surface area (Å²) in [6, 6.07) is 12.5. The first kappa shape index (κ1) is 23.3. The highest BCUT2D eigenvalue weighted by Gasteiger charge is 2.35. The molecule has 0 aliphatic heterocycles. The number of aliphatic hydroxyl groups is 1. The van der Waals surface area contributed by atoms with E-state index in [1.165, 1.54) is 18.2 Å². The Kier molecular flexibility index (Phi) is 7.16. The minimum atomic E-state index is -4.66. The van der Waals surface area contributed by atoms with Crippen LogP contribution < -0.4 is 10.6 Å². The Labute approximate surface area is 185 Å². The smallest absolute Gasteiger partial charge is 0.388 e. The zero-order chi connectivity index (χ0) is 23.3. The predicted molar refractivity (Wildman–Crippen MR) is 112 cm³/mol. The maximum Gasteiger partial charge on any atom is 0.435 e. The van der Waals surface area contributed by atoms with E-state index >= 15 is 0 Å². The van der Waals surface area contributed by atoms with Crippen LogP contribution in [0.2, 0.25) is 5.02 Å². The summed E-state index contributed by atoms with van der Waals surface area (Å²) in [5, 5.41) is 18.7. The van der Waals surface area contributed by atoms with Crippen LogP contribution in [-0.2, 0) is 17.5 Å². The van der Waals surface area contributed by atoms with Crippen molar-refractivity contribution in [2.24, 2.45) is 0 Å². The van der Waals surface area contributed by atoms with Crippen molar-refractivity contribution in [1.29, 1.82) is 0 Å². The molecule has 3 aromatic rings. The lowest BCUT2D eigenvalue weighted by molar-refractivity contribution is -0.141. The molecule has 0 saturated carbocycles.